The fourth-order valence-corrected chi connectivity index (χ4v) is 7.42. The lowest BCUT2D eigenvalue weighted by atomic mass is 9.62. The molecule has 0 amide bonds. The Morgan fingerprint density at radius 1 is 1.26 bits per heavy atom. The number of rotatable bonds is 6. The van der Waals surface area contributed by atoms with Gasteiger partial charge in [-0.2, -0.15) is 8.78 Å². The molecule has 4 atom stereocenters. The Balaban J connectivity index is 1.73. The number of allylic oxidation sites excluding steroid dienone is 6. The molecule has 3 rings (SSSR count). The summed E-state index contributed by atoms with van der Waals surface area (Å²) >= 11 is 0. The Bertz CT molecular complexity index is 997. The summed E-state index contributed by atoms with van der Waals surface area (Å²) in [6, 6.07) is 0. The van der Waals surface area contributed by atoms with Crippen molar-refractivity contribution in [2.45, 2.75) is 109 Å². The van der Waals surface area contributed by atoms with Crippen LogP contribution in [0.15, 0.2) is 47.1 Å². The fraction of sp³-hybridized carbons (Fsp3) is 0.714. The van der Waals surface area contributed by atoms with E-state index < -0.39 is 26.3 Å². The van der Waals surface area contributed by atoms with Crippen molar-refractivity contribution < 1.29 is 22.3 Å². The van der Waals surface area contributed by atoms with Crippen molar-refractivity contribution in [1.82, 2.24) is 0 Å². The molecule has 3 nitrogen and oxygen atoms in total. The zero-order valence-electron chi connectivity index (χ0n) is 21.5. The van der Waals surface area contributed by atoms with Crippen molar-refractivity contribution in [2.75, 3.05) is 0 Å². The molecular weight excluding hydrogens is 454 g/mol. The van der Waals surface area contributed by atoms with Gasteiger partial charge in [-0.1, -0.05) is 55.4 Å². The molecule has 0 spiro atoms. The van der Waals surface area contributed by atoms with Crippen LogP contribution in [0.2, 0.25) is 0 Å². The van der Waals surface area contributed by atoms with E-state index in [0.29, 0.717) is 12.3 Å². The van der Waals surface area contributed by atoms with Crippen LogP contribution in [-0.4, -0.2) is 29.6 Å². The first-order chi connectivity index (χ1) is 15.6. The lowest BCUT2D eigenvalue weighted by molar-refractivity contribution is 0.0723. The van der Waals surface area contributed by atoms with Crippen molar-refractivity contribution in [2.24, 2.45) is 17.3 Å². The van der Waals surface area contributed by atoms with Gasteiger partial charge in [0.2, 0.25) is 9.84 Å². The minimum absolute atomic E-state index is 0.0801. The molecule has 192 valence electrons. The van der Waals surface area contributed by atoms with Gasteiger partial charge in [0.25, 0.3) is 0 Å². The highest BCUT2D eigenvalue weighted by atomic mass is 32.2. The molecule has 0 saturated heterocycles. The van der Waals surface area contributed by atoms with E-state index in [-0.39, 0.29) is 23.9 Å². The van der Waals surface area contributed by atoms with Crippen molar-refractivity contribution >= 4 is 9.84 Å². The third kappa shape index (κ3) is 5.13. The maximum Gasteiger partial charge on any atom is 0.346 e. The molecule has 34 heavy (non-hydrogen) atoms. The van der Waals surface area contributed by atoms with Crippen LogP contribution >= 0.6 is 0 Å². The molecule has 2 fully saturated rings. The Morgan fingerprint density at radius 2 is 1.94 bits per heavy atom. The van der Waals surface area contributed by atoms with Gasteiger partial charge in [0.05, 0.1) is 10.9 Å². The smallest absolute Gasteiger partial charge is 0.346 e. The summed E-state index contributed by atoms with van der Waals surface area (Å²) < 4.78 is 52.7. The molecule has 1 N–H and O–H groups in total. The topological polar surface area (TPSA) is 54.4 Å². The monoisotopic (exact) mass is 496 g/mol. The number of aliphatic hydroxyl groups is 1. The summed E-state index contributed by atoms with van der Waals surface area (Å²) in [7, 11) is -4.56. The summed E-state index contributed by atoms with van der Waals surface area (Å²) in [5, 5.41) is 6.30. The van der Waals surface area contributed by atoms with Crippen LogP contribution in [0.4, 0.5) is 8.78 Å². The minimum Gasteiger partial charge on any atom is -0.393 e. The Kier molecular flexibility index (Phi) is 7.75. The number of aliphatic hydroxyl groups excluding tert-OH is 1. The van der Waals surface area contributed by atoms with Gasteiger partial charge in [-0.3, -0.25) is 0 Å². The van der Waals surface area contributed by atoms with E-state index in [1.54, 1.807) is 0 Å². The summed E-state index contributed by atoms with van der Waals surface area (Å²) in [4.78, 5) is 0. The third-order valence-electron chi connectivity index (χ3n) is 8.40. The predicted octanol–water partition coefficient (Wildman–Crippen LogP) is 7.30. The average molecular weight is 497 g/mol. The zero-order chi connectivity index (χ0) is 25.5. The van der Waals surface area contributed by atoms with E-state index in [4.69, 9.17) is 0 Å². The minimum atomic E-state index is -4.56. The van der Waals surface area contributed by atoms with E-state index in [1.807, 2.05) is 6.92 Å². The molecule has 3 aliphatic rings. The highest BCUT2D eigenvalue weighted by Gasteiger charge is 2.52. The number of sulfone groups is 1. The number of halogens is 2. The highest BCUT2D eigenvalue weighted by Crippen LogP contribution is 2.57. The van der Waals surface area contributed by atoms with Crippen LogP contribution in [-0.2, 0) is 9.84 Å². The first kappa shape index (κ1) is 27.3. The molecule has 6 heteroatoms. The number of hydrogen-bond acceptors (Lipinski definition) is 3. The standard InChI is InChI=1S/C28H42F2O3S/c1-19-9-12-23(31)18-22(19)11-10-21-8-7-16-27(6)24(13-14-25(21)27)20(2)15-17-28(29,30)34(32,33)26(3,4)5/h10-11,13,20,23,25,31H,1,7-9,12,14-18H2,2-6H3/b21-10+,22-11-/t20-,23+,25+,27-/m1/s1. The van der Waals surface area contributed by atoms with Gasteiger partial charge < -0.3 is 5.11 Å². The highest BCUT2D eigenvalue weighted by molar-refractivity contribution is 7.93. The largest absolute Gasteiger partial charge is 0.393 e. The second-order valence-electron chi connectivity index (χ2n) is 11.8. The Hall–Kier alpha value is -1.27. The van der Waals surface area contributed by atoms with E-state index in [0.717, 1.165) is 49.7 Å². The Labute approximate surface area is 205 Å². The third-order valence-corrected chi connectivity index (χ3v) is 11.0. The quantitative estimate of drug-likeness (QED) is 0.393. The lowest BCUT2D eigenvalue weighted by Crippen LogP contribution is -2.42. The van der Waals surface area contributed by atoms with Crippen LogP contribution in [0.25, 0.3) is 0 Å². The van der Waals surface area contributed by atoms with Gasteiger partial charge in [0.15, 0.2) is 0 Å². The van der Waals surface area contributed by atoms with E-state index in [2.05, 4.69) is 31.7 Å². The molecule has 0 aromatic heterocycles. The van der Waals surface area contributed by atoms with Crippen LogP contribution in [0.3, 0.4) is 0 Å². The summed E-state index contributed by atoms with van der Waals surface area (Å²) in [5.74, 6) is 0.248. The lowest BCUT2D eigenvalue weighted by Gasteiger charge is -2.42. The van der Waals surface area contributed by atoms with Gasteiger partial charge in [0, 0.05) is 6.42 Å². The Morgan fingerprint density at radius 3 is 2.59 bits per heavy atom. The molecule has 0 bridgehead atoms. The number of alkyl halides is 2. The van der Waals surface area contributed by atoms with Gasteiger partial charge in [0.1, 0.15) is 0 Å². The first-order valence-corrected chi connectivity index (χ1v) is 14.2. The first-order valence-electron chi connectivity index (χ1n) is 12.7. The summed E-state index contributed by atoms with van der Waals surface area (Å²) in [6.07, 6.45) is 12.0. The molecule has 0 unspecified atom stereocenters. The summed E-state index contributed by atoms with van der Waals surface area (Å²) in [6.45, 7) is 12.4. The fourth-order valence-electron chi connectivity index (χ4n) is 6.13. The zero-order valence-corrected chi connectivity index (χ0v) is 22.3. The van der Waals surface area contributed by atoms with E-state index in [1.165, 1.54) is 31.9 Å². The van der Waals surface area contributed by atoms with E-state index >= 15 is 0 Å². The molecule has 3 aliphatic carbocycles. The average Bonchev–Trinajstić information content (AvgIpc) is 3.09. The van der Waals surface area contributed by atoms with Crippen molar-refractivity contribution in [3.8, 4) is 0 Å². The van der Waals surface area contributed by atoms with Crippen molar-refractivity contribution in [3.05, 3.63) is 47.1 Å². The van der Waals surface area contributed by atoms with Gasteiger partial charge in [-0.15, -0.1) is 0 Å². The second kappa shape index (κ2) is 9.65. The van der Waals surface area contributed by atoms with Crippen LogP contribution in [0.1, 0.15) is 92.4 Å². The van der Waals surface area contributed by atoms with Crippen LogP contribution < -0.4 is 0 Å². The summed E-state index contributed by atoms with van der Waals surface area (Å²) in [5.41, 5.74) is 4.74. The van der Waals surface area contributed by atoms with Gasteiger partial charge in [-0.25, -0.2) is 8.42 Å². The second-order valence-corrected chi connectivity index (χ2v) is 14.7. The van der Waals surface area contributed by atoms with Gasteiger partial charge in [-0.05, 0) is 95.0 Å². The number of fused-ring (bicyclic) bond motifs is 1. The molecule has 0 aromatic rings. The molecule has 2 saturated carbocycles. The molecule has 0 aromatic carbocycles. The van der Waals surface area contributed by atoms with Gasteiger partial charge >= 0.3 is 5.25 Å². The normalized spacial score (nSPS) is 32.1. The number of hydrogen-bond donors (Lipinski definition) is 1. The van der Waals surface area contributed by atoms with Crippen LogP contribution in [0, 0.1) is 17.3 Å². The molecule has 0 heterocycles. The molecule has 0 radical (unpaired) electrons. The van der Waals surface area contributed by atoms with Crippen LogP contribution in [0.5, 0.6) is 0 Å². The van der Waals surface area contributed by atoms with Crippen molar-refractivity contribution in [3.63, 3.8) is 0 Å². The SMILES string of the molecule is C=C1CC[C@H](O)C/C1=C/C=C1\CCC[C@]2(C)C([C@H](C)CCC(F)(F)S(=O)(=O)C(C)(C)C)=CC[C@@H]12. The van der Waals surface area contributed by atoms with E-state index in [9.17, 15) is 22.3 Å². The maximum absolute atomic E-state index is 14.7. The molecule has 0 aliphatic heterocycles. The van der Waals surface area contributed by atoms with Crippen molar-refractivity contribution in [1.29, 1.82) is 0 Å². The maximum atomic E-state index is 14.7. The molecular formula is C28H42F2O3S. The predicted molar refractivity (Wildman–Crippen MR) is 135 cm³/mol.